The topological polar surface area (TPSA) is 16.4 Å². The van der Waals surface area contributed by atoms with E-state index in [9.17, 15) is 0 Å². The van der Waals surface area contributed by atoms with Crippen LogP contribution in [0.3, 0.4) is 0 Å². The van der Waals surface area contributed by atoms with Gasteiger partial charge in [-0.2, -0.15) is 0 Å². The van der Waals surface area contributed by atoms with Gasteiger partial charge in [-0.1, -0.05) is 133 Å². The predicted molar refractivity (Wildman–Crippen MR) is 202 cm³/mol. The molecule has 1 atom stereocenters. The molecular formula is C47H35NO. The third-order valence-electron chi connectivity index (χ3n) is 10.9. The smallest absolute Gasteiger partial charge is 0.135 e. The maximum absolute atomic E-state index is 6.29. The number of rotatable bonds is 5. The number of allylic oxidation sites excluding steroid dienone is 1. The second-order valence-electron chi connectivity index (χ2n) is 13.5. The van der Waals surface area contributed by atoms with E-state index in [0.717, 1.165) is 30.3 Å². The molecule has 0 radical (unpaired) electrons. The van der Waals surface area contributed by atoms with Gasteiger partial charge in [-0.3, -0.25) is 0 Å². The summed E-state index contributed by atoms with van der Waals surface area (Å²) >= 11 is 0. The first-order valence-electron chi connectivity index (χ1n) is 17.4. The molecule has 7 aromatic rings. The number of fused-ring (bicyclic) bond motifs is 7. The van der Waals surface area contributed by atoms with E-state index < -0.39 is 5.41 Å². The largest absolute Gasteiger partial charge is 0.456 e. The fourth-order valence-corrected chi connectivity index (χ4v) is 8.85. The molecule has 2 nitrogen and oxygen atoms in total. The molecule has 6 aromatic carbocycles. The van der Waals surface area contributed by atoms with Gasteiger partial charge >= 0.3 is 0 Å². The highest BCUT2D eigenvalue weighted by molar-refractivity contribution is 5.87. The fraction of sp³-hybridized carbons (Fsp3) is 0.106. The third-order valence-corrected chi connectivity index (χ3v) is 10.9. The van der Waals surface area contributed by atoms with E-state index in [-0.39, 0.29) is 6.04 Å². The summed E-state index contributed by atoms with van der Waals surface area (Å²) in [5.41, 5.74) is 14.6. The molecule has 1 heterocycles. The molecule has 0 aliphatic heterocycles. The number of anilines is 2. The summed E-state index contributed by atoms with van der Waals surface area (Å²) in [5.74, 6) is 0. The van der Waals surface area contributed by atoms with Crippen LogP contribution in [0.15, 0.2) is 156 Å². The first-order valence-corrected chi connectivity index (χ1v) is 17.4. The highest BCUT2D eigenvalue weighted by Gasteiger charge is 2.45. The van der Waals surface area contributed by atoms with E-state index in [1.807, 2.05) is 0 Å². The summed E-state index contributed by atoms with van der Waals surface area (Å²) in [5, 5.41) is 2.37. The van der Waals surface area contributed by atoms with Crippen LogP contribution in [-0.4, -0.2) is 6.04 Å². The van der Waals surface area contributed by atoms with Crippen LogP contribution in [0.4, 0.5) is 11.4 Å². The number of para-hydroxylation sites is 1. The molecule has 1 aromatic heterocycles. The van der Waals surface area contributed by atoms with Gasteiger partial charge in [-0.05, 0) is 100 Å². The second kappa shape index (κ2) is 11.1. The van der Waals surface area contributed by atoms with Crippen molar-refractivity contribution in [3.63, 3.8) is 0 Å². The lowest BCUT2D eigenvalue weighted by atomic mass is 9.67. The van der Waals surface area contributed by atoms with Crippen molar-refractivity contribution >= 4 is 40.6 Å². The van der Waals surface area contributed by atoms with Gasteiger partial charge in [0.2, 0.25) is 0 Å². The Morgan fingerprint density at radius 3 is 2.12 bits per heavy atom. The molecule has 0 amide bonds. The van der Waals surface area contributed by atoms with Crippen LogP contribution < -0.4 is 15.5 Å². The number of hydrogen-bond donors (Lipinski definition) is 0. The van der Waals surface area contributed by atoms with Gasteiger partial charge in [0.05, 0.1) is 11.5 Å². The highest BCUT2D eigenvalue weighted by Crippen LogP contribution is 2.56. The Morgan fingerprint density at radius 2 is 1.33 bits per heavy atom. The Labute approximate surface area is 286 Å². The van der Waals surface area contributed by atoms with Crippen molar-refractivity contribution in [1.82, 2.24) is 0 Å². The van der Waals surface area contributed by atoms with Crippen molar-refractivity contribution in [3.8, 4) is 11.1 Å². The summed E-state index contributed by atoms with van der Waals surface area (Å²) in [4.78, 5) is 2.58. The maximum atomic E-state index is 6.29. The summed E-state index contributed by atoms with van der Waals surface area (Å²) in [6, 6.07) is 53.8. The zero-order valence-corrected chi connectivity index (χ0v) is 27.2. The number of benzene rings is 6. The fourth-order valence-electron chi connectivity index (χ4n) is 8.85. The van der Waals surface area contributed by atoms with Crippen LogP contribution in [0.1, 0.15) is 46.2 Å². The lowest BCUT2D eigenvalue weighted by Crippen LogP contribution is -2.37. The van der Waals surface area contributed by atoms with Crippen molar-refractivity contribution in [1.29, 1.82) is 0 Å². The minimum atomic E-state index is -0.413. The molecule has 0 saturated heterocycles. The molecule has 49 heavy (non-hydrogen) atoms. The molecular weight excluding hydrogens is 595 g/mol. The molecule has 0 N–H and O–H groups in total. The molecule has 3 aliphatic carbocycles. The average Bonchev–Trinajstić information content (AvgIpc) is 3.70. The molecule has 1 unspecified atom stereocenters. The van der Waals surface area contributed by atoms with Crippen molar-refractivity contribution in [2.45, 2.75) is 30.7 Å². The van der Waals surface area contributed by atoms with Gasteiger partial charge in [0.1, 0.15) is 11.0 Å². The number of furan rings is 1. The first kappa shape index (κ1) is 28.2. The van der Waals surface area contributed by atoms with Crippen LogP contribution in [0.5, 0.6) is 0 Å². The zero-order chi connectivity index (χ0) is 32.4. The number of nitrogens with zero attached hydrogens (tertiary/aromatic N) is 1. The lowest BCUT2D eigenvalue weighted by Gasteiger charge is -2.36. The van der Waals surface area contributed by atoms with E-state index in [1.165, 1.54) is 66.5 Å². The maximum Gasteiger partial charge on any atom is 0.135 e. The van der Waals surface area contributed by atoms with Gasteiger partial charge in [-0.25, -0.2) is 0 Å². The Balaban J connectivity index is 1.18. The molecule has 0 saturated carbocycles. The summed E-state index contributed by atoms with van der Waals surface area (Å²) in [6.07, 6.45) is 12.3. The SMILES string of the molecule is C1=Cc2cccc(N(c3ccc(C4(c5ccccc5)c5ccccc5-c5ccccc54)cc3)C3C=c4c(oc5ccccc45)=CC3)c2CC1. The summed E-state index contributed by atoms with van der Waals surface area (Å²) < 4.78 is 6.29. The van der Waals surface area contributed by atoms with Crippen molar-refractivity contribution in [2.24, 2.45) is 0 Å². The predicted octanol–water partition coefficient (Wildman–Crippen LogP) is 9.93. The highest BCUT2D eigenvalue weighted by atomic mass is 16.3. The molecule has 234 valence electrons. The molecule has 3 aliphatic rings. The quantitative estimate of drug-likeness (QED) is 0.188. The minimum Gasteiger partial charge on any atom is -0.456 e. The summed E-state index contributed by atoms with van der Waals surface area (Å²) in [7, 11) is 0. The van der Waals surface area contributed by atoms with Crippen molar-refractivity contribution < 1.29 is 4.42 Å². The van der Waals surface area contributed by atoms with Crippen LogP contribution in [0, 0.1) is 0 Å². The van der Waals surface area contributed by atoms with E-state index in [0.29, 0.717) is 0 Å². The van der Waals surface area contributed by atoms with Crippen LogP contribution in [-0.2, 0) is 11.8 Å². The number of hydrogen-bond acceptors (Lipinski definition) is 2. The van der Waals surface area contributed by atoms with E-state index >= 15 is 0 Å². The minimum absolute atomic E-state index is 0.132. The molecule has 10 rings (SSSR count). The van der Waals surface area contributed by atoms with Gasteiger partial charge in [-0.15, -0.1) is 0 Å². The Hall–Kier alpha value is -5.86. The van der Waals surface area contributed by atoms with E-state index in [2.05, 4.69) is 175 Å². The molecule has 0 bridgehead atoms. The first-order chi connectivity index (χ1) is 24.3. The van der Waals surface area contributed by atoms with Crippen LogP contribution in [0.2, 0.25) is 0 Å². The van der Waals surface area contributed by atoms with Crippen LogP contribution in [0.25, 0.3) is 40.3 Å². The van der Waals surface area contributed by atoms with Crippen molar-refractivity contribution in [3.05, 3.63) is 196 Å². The van der Waals surface area contributed by atoms with E-state index in [4.69, 9.17) is 4.42 Å². The zero-order valence-electron chi connectivity index (χ0n) is 27.2. The Bertz CT molecular complexity index is 2490. The van der Waals surface area contributed by atoms with Crippen LogP contribution >= 0.6 is 0 Å². The van der Waals surface area contributed by atoms with Gasteiger partial charge < -0.3 is 9.32 Å². The second-order valence-corrected chi connectivity index (χ2v) is 13.5. The van der Waals surface area contributed by atoms with Gasteiger partial charge in [0, 0.05) is 22.0 Å². The molecule has 0 fully saturated rings. The monoisotopic (exact) mass is 629 g/mol. The molecule has 0 spiro atoms. The molecule has 2 heteroatoms. The Morgan fingerprint density at radius 1 is 0.633 bits per heavy atom. The van der Waals surface area contributed by atoms with Gasteiger partial charge in [0.25, 0.3) is 0 Å². The standard InChI is InChI=1S/C47H35NO/c1-2-15-33(16-3-1)47(42-21-9-6-18-38(42)39-19-7-10-22-43(39)47)34-25-27-35(28-26-34)48(44-23-12-14-32-13-4-5-17-37(32)44)36-29-30-46-41(31-36)40-20-8-11-24-45(40)49-46/h1-4,6-16,18-28,30-31,36H,5,17,29H2. The van der Waals surface area contributed by atoms with Crippen molar-refractivity contribution in [2.75, 3.05) is 4.90 Å². The van der Waals surface area contributed by atoms with E-state index in [1.54, 1.807) is 0 Å². The summed E-state index contributed by atoms with van der Waals surface area (Å²) in [6.45, 7) is 0. The Kier molecular flexibility index (Phi) is 6.39. The van der Waals surface area contributed by atoms with Gasteiger partial charge in [0.15, 0.2) is 0 Å². The third kappa shape index (κ3) is 4.20. The normalized spacial score (nSPS) is 16.5. The lowest BCUT2D eigenvalue weighted by molar-refractivity contribution is 0.569. The average molecular weight is 630 g/mol.